The Morgan fingerprint density at radius 3 is 2.71 bits per heavy atom. The minimum absolute atomic E-state index is 0.0492. The molecule has 1 N–H and O–H groups in total. The van der Waals surface area contributed by atoms with Gasteiger partial charge in [-0.15, -0.1) is 11.3 Å². The molecule has 2 aromatic heterocycles. The lowest BCUT2D eigenvalue weighted by molar-refractivity contribution is 0.107. The summed E-state index contributed by atoms with van der Waals surface area (Å²) in [5.74, 6) is 0. The topological polar surface area (TPSA) is 67.4 Å². The number of likely N-dealkylation sites (tertiary alicyclic amines) is 1. The van der Waals surface area contributed by atoms with Gasteiger partial charge in [0.05, 0.1) is 5.00 Å². The van der Waals surface area contributed by atoms with E-state index >= 15 is 0 Å². The molecule has 1 aliphatic rings. The van der Waals surface area contributed by atoms with Crippen molar-refractivity contribution < 1.29 is 9.53 Å². The number of amides is 2. The monoisotopic (exact) mass is 304 g/mol. The third-order valence-electron chi connectivity index (χ3n) is 3.29. The molecule has 2 aromatic rings. The van der Waals surface area contributed by atoms with E-state index in [9.17, 15) is 4.79 Å². The van der Waals surface area contributed by atoms with Crippen LogP contribution in [0.15, 0.2) is 36.0 Å². The SMILES string of the molecule is O=C(Nc1cccs1)N1CCC(Oc2ncccn2)CC1. The molecule has 1 aliphatic heterocycles. The molecular weight excluding hydrogens is 288 g/mol. The van der Waals surface area contributed by atoms with Crippen molar-refractivity contribution in [1.82, 2.24) is 14.9 Å². The summed E-state index contributed by atoms with van der Waals surface area (Å²) in [5, 5.41) is 5.71. The van der Waals surface area contributed by atoms with Crippen LogP contribution >= 0.6 is 11.3 Å². The minimum atomic E-state index is -0.0492. The normalized spacial score (nSPS) is 15.7. The first-order chi connectivity index (χ1) is 10.3. The molecule has 0 aliphatic carbocycles. The van der Waals surface area contributed by atoms with Crippen LogP contribution in [0.5, 0.6) is 6.01 Å². The zero-order chi connectivity index (χ0) is 14.5. The molecule has 6 nitrogen and oxygen atoms in total. The highest BCUT2D eigenvalue weighted by Gasteiger charge is 2.24. The smallest absolute Gasteiger partial charge is 0.322 e. The number of nitrogens with zero attached hydrogens (tertiary/aromatic N) is 3. The van der Waals surface area contributed by atoms with Crippen molar-refractivity contribution in [2.24, 2.45) is 0 Å². The number of carbonyl (C=O) groups excluding carboxylic acids is 1. The fraction of sp³-hybridized carbons (Fsp3) is 0.357. The van der Waals surface area contributed by atoms with E-state index in [1.807, 2.05) is 22.4 Å². The number of aromatic nitrogens is 2. The molecule has 2 amide bonds. The molecule has 3 heterocycles. The van der Waals surface area contributed by atoms with E-state index in [0.717, 1.165) is 17.8 Å². The third kappa shape index (κ3) is 3.69. The first kappa shape index (κ1) is 13.8. The maximum Gasteiger partial charge on any atom is 0.322 e. The van der Waals surface area contributed by atoms with Crippen molar-refractivity contribution in [1.29, 1.82) is 0 Å². The Kier molecular flexibility index (Phi) is 4.30. The van der Waals surface area contributed by atoms with E-state index < -0.39 is 0 Å². The number of urea groups is 1. The summed E-state index contributed by atoms with van der Waals surface area (Å²) in [7, 11) is 0. The summed E-state index contributed by atoms with van der Waals surface area (Å²) < 4.78 is 5.71. The van der Waals surface area contributed by atoms with E-state index in [-0.39, 0.29) is 12.1 Å². The lowest BCUT2D eigenvalue weighted by atomic mass is 10.1. The zero-order valence-corrected chi connectivity index (χ0v) is 12.3. The van der Waals surface area contributed by atoms with E-state index in [2.05, 4.69) is 15.3 Å². The summed E-state index contributed by atoms with van der Waals surface area (Å²) in [4.78, 5) is 22.0. The zero-order valence-electron chi connectivity index (χ0n) is 11.4. The number of hydrogen-bond acceptors (Lipinski definition) is 5. The summed E-state index contributed by atoms with van der Waals surface area (Å²) in [6.07, 6.45) is 4.96. The fourth-order valence-electron chi connectivity index (χ4n) is 2.21. The van der Waals surface area contributed by atoms with E-state index in [0.29, 0.717) is 19.1 Å². The molecule has 21 heavy (non-hydrogen) atoms. The molecule has 1 saturated heterocycles. The Morgan fingerprint density at radius 2 is 2.05 bits per heavy atom. The molecule has 0 radical (unpaired) electrons. The molecule has 0 bridgehead atoms. The Bertz CT molecular complexity index is 568. The van der Waals surface area contributed by atoms with Crippen molar-refractivity contribution in [2.75, 3.05) is 18.4 Å². The maximum absolute atomic E-state index is 12.1. The summed E-state index contributed by atoms with van der Waals surface area (Å²) in [6.45, 7) is 1.35. The van der Waals surface area contributed by atoms with E-state index in [1.54, 1.807) is 18.5 Å². The Labute approximate surface area is 126 Å². The Hall–Kier alpha value is -2.15. The number of rotatable bonds is 3. The number of anilines is 1. The predicted molar refractivity (Wildman–Crippen MR) is 80.6 cm³/mol. The van der Waals surface area contributed by atoms with Gasteiger partial charge in [-0.05, 0) is 23.6 Å². The van der Waals surface area contributed by atoms with Gasteiger partial charge in [-0.3, -0.25) is 5.32 Å². The van der Waals surface area contributed by atoms with Crippen LogP contribution in [-0.4, -0.2) is 40.1 Å². The molecule has 0 saturated carbocycles. The van der Waals surface area contributed by atoms with Crippen molar-refractivity contribution in [2.45, 2.75) is 18.9 Å². The standard InChI is InChI=1S/C14H16N4O2S/c19-14(17-12-3-1-10-21-12)18-8-4-11(5-9-18)20-13-15-6-2-7-16-13/h1-3,6-7,10-11H,4-5,8-9H2,(H,17,19). The van der Waals surface area contributed by atoms with Gasteiger partial charge in [-0.1, -0.05) is 0 Å². The number of carbonyl (C=O) groups is 1. The number of ether oxygens (including phenoxy) is 1. The third-order valence-corrected chi connectivity index (χ3v) is 4.08. The highest BCUT2D eigenvalue weighted by atomic mass is 32.1. The van der Waals surface area contributed by atoms with Crippen molar-refractivity contribution in [3.63, 3.8) is 0 Å². The van der Waals surface area contributed by atoms with Gasteiger partial charge in [0.2, 0.25) is 0 Å². The largest absolute Gasteiger partial charge is 0.460 e. The fourth-order valence-corrected chi connectivity index (χ4v) is 2.81. The van der Waals surface area contributed by atoms with Crippen LogP contribution in [0, 0.1) is 0 Å². The van der Waals surface area contributed by atoms with Gasteiger partial charge in [-0.2, -0.15) is 0 Å². The molecular formula is C14H16N4O2S. The first-order valence-electron chi connectivity index (χ1n) is 6.84. The molecule has 0 spiro atoms. The highest BCUT2D eigenvalue weighted by Crippen LogP contribution is 2.19. The van der Waals surface area contributed by atoms with Crippen LogP contribution in [0.1, 0.15) is 12.8 Å². The van der Waals surface area contributed by atoms with Crippen LogP contribution in [0.25, 0.3) is 0 Å². The maximum atomic E-state index is 12.1. The van der Waals surface area contributed by atoms with E-state index in [4.69, 9.17) is 4.74 Å². The first-order valence-corrected chi connectivity index (χ1v) is 7.72. The average Bonchev–Trinajstić information content (AvgIpc) is 3.02. The molecule has 0 atom stereocenters. The van der Waals surface area contributed by atoms with Gasteiger partial charge in [0.15, 0.2) is 0 Å². The van der Waals surface area contributed by atoms with Crippen LogP contribution in [-0.2, 0) is 0 Å². The van der Waals surface area contributed by atoms with E-state index in [1.165, 1.54) is 11.3 Å². The lowest BCUT2D eigenvalue weighted by Gasteiger charge is -2.31. The summed E-state index contributed by atoms with van der Waals surface area (Å²) in [6, 6.07) is 5.92. The van der Waals surface area contributed by atoms with Crippen molar-refractivity contribution in [3.8, 4) is 6.01 Å². The quantitative estimate of drug-likeness (QED) is 0.946. The molecule has 110 valence electrons. The summed E-state index contributed by atoms with van der Waals surface area (Å²) >= 11 is 1.52. The second kappa shape index (κ2) is 6.53. The van der Waals surface area contributed by atoms with Crippen molar-refractivity contribution >= 4 is 22.4 Å². The van der Waals surface area contributed by atoms with Gasteiger partial charge in [0.1, 0.15) is 6.10 Å². The Morgan fingerprint density at radius 1 is 1.29 bits per heavy atom. The Balaban J connectivity index is 1.47. The number of thiophene rings is 1. The predicted octanol–water partition coefficient (Wildman–Crippen LogP) is 2.61. The lowest BCUT2D eigenvalue weighted by Crippen LogP contribution is -2.43. The van der Waals surface area contributed by atoms with Crippen LogP contribution in [0.4, 0.5) is 9.80 Å². The van der Waals surface area contributed by atoms with Gasteiger partial charge in [-0.25, -0.2) is 14.8 Å². The van der Waals surface area contributed by atoms with Gasteiger partial charge >= 0.3 is 12.0 Å². The van der Waals surface area contributed by atoms with Crippen LogP contribution < -0.4 is 10.1 Å². The van der Waals surface area contributed by atoms with Crippen LogP contribution in [0.3, 0.4) is 0 Å². The van der Waals surface area contributed by atoms with Crippen LogP contribution in [0.2, 0.25) is 0 Å². The molecule has 1 fully saturated rings. The average molecular weight is 304 g/mol. The summed E-state index contributed by atoms with van der Waals surface area (Å²) in [5.41, 5.74) is 0. The highest BCUT2D eigenvalue weighted by molar-refractivity contribution is 7.14. The second-order valence-corrected chi connectivity index (χ2v) is 5.69. The molecule has 0 aromatic carbocycles. The number of hydrogen-bond donors (Lipinski definition) is 1. The second-order valence-electron chi connectivity index (χ2n) is 4.74. The van der Waals surface area contributed by atoms with Gasteiger partial charge in [0, 0.05) is 38.3 Å². The number of piperidine rings is 1. The number of nitrogens with one attached hydrogen (secondary N) is 1. The molecule has 0 unspecified atom stereocenters. The molecule has 3 rings (SSSR count). The van der Waals surface area contributed by atoms with Crippen molar-refractivity contribution in [3.05, 3.63) is 36.0 Å². The van der Waals surface area contributed by atoms with Gasteiger partial charge in [0.25, 0.3) is 0 Å². The van der Waals surface area contributed by atoms with Gasteiger partial charge < -0.3 is 9.64 Å². The molecule has 7 heteroatoms. The minimum Gasteiger partial charge on any atom is -0.460 e.